The van der Waals surface area contributed by atoms with Crippen LogP contribution in [0.15, 0.2) is 29.2 Å². The van der Waals surface area contributed by atoms with Gasteiger partial charge in [-0.3, -0.25) is 4.79 Å². The van der Waals surface area contributed by atoms with Crippen molar-refractivity contribution >= 4 is 28.2 Å². The number of amides is 1. The molecule has 1 aromatic carbocycles. The van der Waals surface area contributed by atoms with Gasteiger partial charge < -0.3 is 10.2 Å². The van der Waals surface area contributed by atoms with Crippen LogP contribution in [0.1, 0.15) is 36.0 Å². The first-order valence-electron chi connectivity index (χ1n) is 7.94. The summed E-state index contributed by atoms with van der Waals surface area (Å²) in [5, 5.41) is 3.51. The van der Waals surface area contributed by atoms with Gasteiger partial charge in [-0.25, -0.2) is 8.42 Å². The number of halogens is 3. The number of benzene rings is 1. The third-order valence-electron chi connectivity index (χ3n) is 4.98. The van der Waals surface area contributed by atoms with Crippen molar-refractivity contribution in [1.82, 2.24) is 10.2 Å². The molecule has 0 radical (unpaired) electrons. The molecule has 9 heteroatoms. The van der Waals surface area contributed by atoms with Crippen molar-refractivity contribution in [3.05, 3.63) is 29.8 Å². The van der Waals surface area contributed by atoms with Crippen LogP contribution in [0.25, 0.3) is 0 Å². The molecule has 2 bridgehead atoms. The second kappa shape index (κ2) is 7.55. The molecule has 140 valence electrons. The summed E-state index contributed by atoms with van der Waals surface area (Å²) in [5.41, 5.74) is 0.302. The maximum Gasteiger partial charge on any atom is 0.341 e. The summed E-state index contributed by atoms with van der Waals surface area (Å²) in [4.78, 5) is 13.8. The van der Waals surface area contributed by atoms with E-state index in [2.05, 4.69) is 5.32 Å². The highest BCUT2D eigenvalue weighted by molar-refractivity contribution is 7.91. The summed E-state index contributed by atoms with van der Waals surface area (Å²) >= 11 is 0. The fourth-order valence-corrected chi connectivity index (χ4v) is 4.32. The van der Waals surface area contributed by atoms with E-state index in [1.165, 1.54) is 12.1 Å². The van der Waals surface area contributed by atoms with Crippen molar-refractivity contribution in [3.8, 4) is 0 Å². The Hall–Kier alpha value is -1.25. The van der Waals surface area contributed by atoms with E-state index in [0.29, 0.717) is 17.6 Å². The molecule has 0 aromatic heterocycles. The van der Waals surface area contributed by atoms with Crippen LogP contribution in [0.2, 0.25) is 0 Å². The third kappa shape index (κ3) is 3.96. The van der Waals surface area contributed by atoms with Crippen LogP contribution in [-0.4, -0.2) is 50.2 Å². The number of sulfone groups is 1. The van der Waals surface area contributed by atoms with Crippen molar-refractivity contribution in [2.75, 3.05) is 7.05 Å². The molecule has 3 rings (SSSR count). The second-order valence-electron chi connectivity index (χ2n) is 6.51. The second-order valence-corrected chi connectivity index (χ2v) is 8.43. The molecule has 1 aromatic rings. The van der Waals surface area contributed by atoms with Crippen LogP contribution in [0, 0.1) is 0 Å². The summed E-state index contributed by atoms with van der Waals surface area (Å²) < 4.78 is 47.9. The molecule has 0 spiro atoms. The fraction of sp³-hybridized carbons (Fsp3) is 0.562. The summed E-state index contributed by atoms with van der Waals surface area (Å²) in [6.07, 6.45) is 4.06. The average molecular weight is 395 g/mol. The minimum Gasteiger partial charge on any atom is -0.339 e. The van der Waals surface area contributed by atoms with Crippen molar-refractivity contribution < 1.29 is 22.0 Å². The maximum atomic E-state index is 12.6. The third-order valence-corrected chi connectivity index (χ3v) is 6.38. The molecular formula is C16H21ClF2N2O3S. The fourth-order valence-electron chi connectivity index (χ4n) is 3.60. The van der Waals surface area contributed by atoms with Crippen molar-refractivity contribution in [1.29, 1.82) is 0 Å². The van der Waals surface area contributed by atoms with E-state index in [1.54, 1.807) is 11.9 Å². The van der Waals surface area contributed by atoms with E-state index in [9.17, 15) is 22.0 Å². The Bertz CT molecular complexity index is 715. The summed E-state index contributed by atoms with van der Waals surface area (Å²) in [5.74, 6) is -3.69. The van der Waals surface area contributed by atoms with Gasteiger partial charge in [-0.2, -0.15) is 8.78 Å². The lowest BCUT2D eigenvalue weighted by Gasteiger charge is -2.35. The molecule has 2 aliphatic rings. The highest BCUT2D eigenvalue weighted by atomic mass is 35.5. The van der Waals surface area contributed by atoms with Crippen LogP contribution in [-0.2, 0) is 9.84 Å². The molecule has 2 aliphatic heterocycles. The molecule has 2 fully saturated rings. The molecule has 0 saturated carbocycles. The number of fused-ring (bicyclic) bond motifs is 2. The molecule has 2 heterocycles. The quantitative estimate of drug-likeness (QED) is 0.851. The molecule has 25 heavy (non-hydrogen) atoms. The van der Waals surface area contributed by atoms with Gasteiger partial charge in [-0.1, -0.05) is 0 Å². The Morgan fingerprint density at radius 2 is 1.68 bits per heavy atom. The van der Waals surface area contributed by atoms with E-state index in [4.69, 9.17) is 0 Å². The molecular weight excluding hydrogens is 374 g/mol. The number of piperidine rings is 1. The zero-order valence-electron chi connectivity index (χ0n) is 13.7. The van der Waals surface area contributed by atoms with Gasteiger partial charge >= 0.3 is 5.76 Å². The molecule has 2 atom stereocenters. The van der Waals surface area contributed by atoms with Crippen molar-refractivity contribution in [2.45, 2.75) is 54.5 Å². The minimum absolute atomic E-state index is 0. The number of nitrogens with zero attached hydrogens (tertiary/aromatic N) is 1. The van der Waals surface area contributed by atoms with Gasteiger partial charge in [0.25, 0.3) is 5.91 Å². The topological polar surface area (TPSA) is 66.5 Å². The Kier molecular flexibility index (Phi) is 6.06. The summed E-state index contributed by atoms with van der Waals surface area (Å²) in [6.45, 7) is 0. The Labute approximate surface area is 152 Å². The zero-order chi connectivity index (χ0) is 17.5. The molecule has 2 unspecified atom stereocenters. The van der Waals surface area contributed by atoms with Gasteiger partial charge in [0.1, 0.15) is 0 Å². The predicted molar refractivity (Wildman–Crippen MR) is 91.9 cm³/mol. The first-order chi connectivity index (χ1) is 11.3. The lowest BCUT2D eigenvalue weighted by molar-refractivity contribution is 0.0681. The van der Waals surface area contributed by atoms with E-state index < -0.39 is 20.5 Å². The number of hydrogen-bond donors (Lipinski definition) is 1. The number of nitrogens with one attached hydrogen (secondary N) is 1. The van der Waals surface area contributed by atoms with E-state index in [0.717, 1.165) is 37.8 Å². The molecule has 1 N–H and O–H groups in total. The Morgan fingerprint density at radius 3 is 2.16 bits per heavy atom. The van der Waals surface area contributed by atoms with E-state index in [1.807, 2.05) is 0 Å². The van der Waals surface area contributed by atoms with Crippen LogP contribution in [0.5, 0.6) is 0 Å². The number of hydrogen-bond acceptors (Lipinski definition) is 4. The summed E-state index contributed by atoms with van der Waals surface area (Å²) in [6, 6.07) is 5.75. The Morgan fingerprint density at radius 1 is 1.16 bits per heavy atom. The predicted octanol–water partition coefficient (Wildman–Crippen LogP) is 2.46. The van der Waals surface area contributed by atoms with Gasteiger partial charge in [-0.05, 0) is 49.9 Å². The van der Waals surface area contributed by atoms with Crippen LogP contribution in [0.4, 0.5) is 8.78 Å². The smallest absolute Gasteiger partial charge is 0.339 e. The highest BCUT2D eigenvalue weighted by Gasteiger charge is 2.36. The number of carbonyl (C=O) groups excluding carboxylic acids is 1. The standard InChI is InChI=1S/C16H20F2N2O3S.ClH/c1-20(13-8-11-4-5-12(9-13)19-11)15(21)10-2-6-14(7-3-10)24(22,23)16(17)18;/h2-3,6-7,11-13,16,19H,4-5,8-9H2,1H3;1H. The maximum absolute atomic E-state index is 12.6. The van der Waals surface area contributed by atoms with E-state index in [-0.39, 0.29) is 24.4 Å². The van der Waals surface area contributed by atoms with Crippen LogP contribution < -0.4 is 5.32 Å². The van der Waals surface area contributed by atoms with Crippen molar-refractivity contribution in [3.63, 3.8) is 0 Å². The molecule has 5 nitrogen and oxygen atoms in total. The number of carbonyl (C=O) groups is 1. The highest BCUT2D eigenvalue weighted by Crippen LogP contribution is 2.30. The molecule has 1 amide bonds. The zero-order valence-corrected chi connectivity index (χ0v) is 15.3. The van der Waals surface area contributed by atoms with E-state index >= 15 is 0 Å². The number of alkyl halides is 2. The monoisotopic (exact) mass is 394 g/mol. The SMILES string of the molecule is CN(C(=O)c1ccc(S(=O)(=O)C(F)F)cc1)C1CC2CCC(C1)N2.Cl. The average Bonchev–Trinajstić information content (AvgIpc) is 2.91. The Balaban J connectivity index is 0.00000225. The van der Waals surface area contributed by atoms with Gasteiger partial charge in [0, 0.05) is 30.7 Å². The van der Waals surface area contributed by atoms with Gasteiger partial charge in [0.2, 0.25) is 9.84 Å². The molecule has 2 saturated heterocycles. The molecule has 0 aliphatic carbocycles. The minimum atomic E-state index is -4.63. The van der Waals surface area contributed by atoms with Gasteiger partial charge in [0.05, 0.1) is 4.90 Å². The van der Waals surface area contributed by atoms with Crippen molar-refractivity contribution in [2.24, 2.45) is 0 Å². The largest absolute Gasteiger partial charge is 0.341 e. The lowest BCUT2D eigenvalue weighted by atomic mass is 9.98. The van der Waals surface area contributed by atoms with Gasteiger partial charge in [-0.15, -0.1) is 12.4 Å². The normalized spacial score (nSPS) is 25.5. The lowest BCUT2D eigenvalue weighted by Crippen LogP contribution is -2.48. The first kappa shape index (κ1) is 20.1. The number of rotatable bonds is 4. The first-order valence-corrected chi connectivity index (χ1v) is 9.49. The van der Waals surface area contributed by atoms with Crippen LogP contribution in [0.3, 0.4) is 0 Å². The van der Waals surface area contributed by atoms with Gasteiger partial charge in [0.15, 0.2) is 0 Å². The summed E-state index contributed by atoms with van der Waals surface area (Å²) in [7, 11) is -2.90. The van der Waals surface area contributed by atoms with Crippen LogP contribution >= 0.6 is 12.4 Å².